The lowest BCUT2D eigenvalue weighted by Gasteiger charge is -2.28. The molecule has 1 fully saturated rings. The van der Waals surface area contributed by atoms with Crippen molar-refractivity contribution in [3.63, 3.8) is 0 Å². The maximum absolute atomic E-state index is 9.19. The number of likely N-dealkylation sites (N-methyl/N-ethyl adjacent to an activating group) is 1. The molecule has 7 heteroatoms. The van der Waals surface area contributed by atoms with E-state index in [1.54, 1.807) is 23.0 Å². The molecule has 1 aliphatic rings. The SMILES string of the molecule is C/C(CN(C)C#N)=C(C)/C(=C\N)c1[nH]c2sc(C3CCC(CNCCO)CC3)c(C)c2c1C(C)C. The fourth-order valence-electron chi connectivity index (χ4n) is 5.58. The lowest BCUT2D eigenvalue weighted by Crippen LogP contribution is -2.28. The molecule has 2 aromatic rings. The molecule has 1 aliphatic carbocycles. The van der Waals surface area contributed by atoms with Crippen LogP contribution in [0, 0.1) is 24.3 Å². The van der Waals surface area contributed by atoms with Gasteiger partial charge in [0.15, 0.2) is 6.19 Å². The Morgan fingerprint density at radius 3 is 2.57 bits per heavy atom. The number of thiophene rings is 1. The molecule has 0 spiro atoms. The van der Waals surface area contributed by atoms with Crippen molar-refractivity contribution in [1.82, 2.24) is 15.2 Å². The van der Waals surface area contributed by atoms with E-state index in [0.717, 1.165) is 34.9 Å². The summed E-state index contributed by atoms with van der Waals surface area (Å²) in [5.41, 5.74) is 13.4. The van der Waals surface area contributed by atoms with Gasteiger partial charge in [0, 0.05) is 42.2 Å². The maximum Gasteiger partial charge on any atom is 0.179 e. The van der Waals surface area contributed by atoms with Crippen molar-refractivity contribution in [3.8, 4) is 6.19 Å². The van der Waals surface area contributed by atoms with E-state index in [4.69, 9.17) is 10.8 Å². The van der Waals surface area contributed by atoms with Gasteiger partial charge in [0.1, 0.15) is 4.83 Å². The third kappa shape index (κ3) is 5.94. The fourth-order valence-corrected chi connectivity index (χ4v) is 6.97. The van der Waals surface area contributed by atoms with Crippen molar-refractivity contribution < 1.29 is 5.11 Å². The Morgan fingerprint density at radius 1 is 1.31 bits per heavy atom. The van der Waals surface area contributed by atoms with E-state index in [9.17, 15) is 5.26 Å². The average molecular weight is 498 g/mol. The molecule has 192 valence electrons. The number of hydrogen-bond donors (Lipinski definition) is 4. The van der Waals surface area contributed by atoms with Gasteiger partial charge in [-0.3, -0.25) is 0 Å². The molecule has 0 aliphatic heterocycles. The highest BCUT2D eigenvalue weighted by atomic mass is 32.1. The average Bonchev–Trinajstić information content (AvgIpc) is 3.36. The van der Waals surface area contributed by atoms with E-state index in [-0.39, 0.29) is 6.61 Å². The van der Waals surface area contributed by atoms with Crippen LogP contribution in [0.25, 0.3) is 15.8 Å². The van der Waals surface area contributed by atoms with Gasteiger partial charge in [0.05, 0.1) is 12.3 Å². The van der Waals surface area contributed by atoms with E-state index in [2.05, 4.69) is 51.1 Å². The number of nitriles is 1. The number of nitrogens with one attached hydrogen (secondary N) is 2. The van der Waals surface area contributed by atoms with E-state index in [1.165, 1.54) is 47.0 Å². The Balaban J connectivity index is 1.92. The Hall–Kier alpha value is -2.27. The quantitative estimate of drug-likeness (QED) is 0.149. The largest absolute Gasteiger partial charge is 0.404 e. The summed E-state index contributed by atoms with van der Waals surface area (Å²) in [5, 5.41) is 22.9. The van der Waals surface area contributed by atoms with Crippen molar-refractivity contribution in [3.05, 3.63) is 39.0 Å². The summed E-state index contributed by atoms with van der Waals surface area (Å²) in [4.78, 5) is 8.20. The molecule has 0 saturated heterocycles. The van der Waals surface area contributed by atoms with Gasteiger partial charge in [-0.1, -0.05) is 13.8 Å². The zero-order valence-electron chi connectivity index (χ0n) is 22.3. The number of H-pyrrole nitrogens is 1. The van der Waals surface area contributed by atoms with E-state index in [0.29, 0.717) is 24.9 Å². The topological polar surface area (TPSA) is 101 Å². The highest BCUT2D eigenvalue weighted by Crippen LogP contribution is 2.47. The van der Waals surface area contributed by atoms with Gasteiger partial charge < -0.3 is 26.0 Å². The lowest BCUT2D eigenvalue weighted by atomic mass is 9.80. The van der Waals surface area contributed by atoms with Crippen LogP contribution in [0.2, 0.25) is 0 Å². The van der Waals surface area contributed by atoms with Crippen LogP contribution >= 0.6 is 11.3 Å². The maximum atomic E-state index is 9.19. The normalized spacial score (nSPS) is 19.8. The second-order valence-electron chi connectivity index (χ2n) is 10.5. The number of aliphatic hydroxyl groups excluding tert-OH is 1. The molecule has 0 bridgehead atoms. The first-order valence-corrected chi connectivity index (χ1v) is 13.7. The van der Waals surface area contributed by atoms with Crippen molar-refractivity contribution in [2.75, 3.05) is 33.3 Å². The summed E-state index contributed by atoms with van der Waals surface area (Å²) < 4.78 is 0. The molecule has 0 unspecified atom stereocenters. The van der Waals surface area contributed by atoms with Gasteiger partial charge >= 0.3 is 0 Å². The van der Waals surface area contributed by atoms with Crippen molar-refractivity contribution in [2.45, 2.75) is 72.1 Å². The molecule has 2 aromatic heterocycles. The number of aryl methyl sites for hydroxylation is 1. The van der Waals surface area contributed by atoms with Crippen LogP contribution < -0.4 is 11.1 Å². The standard InChI is InChI=1S/C28H43N5OS/c1-17(2)24-25-20(5)27(22-9-7-21(8-10-22)14-31-11-12-34)35-28(25)32-26(24)23(13-29)19(4)18(3)15-33(6)16-30/h13,17,21-22,31-32,34H,7-12,14-15,29H2,1-6H3/b19-18-,23-13+. The Bertz CT molecular complexity index is 1110. The predicted octanol–water partition coefficient (Wildman–Crippen LogP) is 5.57. The van der Waals surface area contributed by atoms with Crippen LogP contribution in [0.3, 0.4) is 0 Å². The highest BCUT2D eigenvalue weighted by molar-refractivity contribution is 7.19. The van der Waals surface area contributed by atoms with Gasteiger partial charge in [-0.25, -0.2) is 0 Å². The minimum Gasteiger partial charge on any atom is -0.404 e. The van der Waals surface area contributed by atoms with Crippen LogP contribution in [-0.4, -0.2) is 48.3 Å². The van der Waals surface area contributed by atoms with Crippen LogP contribution in [0.1, 0.15) is 86.9 Å². The van der Waals surface area contributed by atoms with E-state index < -0.39 is 0 Å². The van der Waals surface area contributed by atoms with Gasteiger partial charge in [-0.05, 0) is 93.0 Å². The van der Waals surface area contributed by atoms with E-state index in [1.807, 2.05) is 11.3 Å². The van der Waals surface area contributed by atoms with Crippen LogP contribution in [0.4, 0.5) is 0 Å². The van der Waals surface area contributed by atoms with Crippen molar-refractivity contribution in [2.24, 2.45) is 11.7 Å². The number of aromatic amines is 1. The van der Waals surface area contributed by atoms with E-state index >= 15 is 0 Å². The molecule has 0 aromatic carbocycles. The molecule has 0 radical (unpaired) electrons. The van der Waals surface area contributed by atoms with Gasteiger partial charge in [-0.2, -0.15) is 5.26 Å². The Kier molecular flexibility index (Phi) is 9.46. The summed E-state index contributed by atoms with van der Waals surface area (Å²) in [5.74, 6) is 1.71. The zero-order chi connectivity index (χ0) is 25.7. The van der Waals surface area contributed by atoms with Gasteiger partial charge in [0.25, 0.3) is 0 Å². The molecule has 5 N–H and O–H groups in total. The minimum absolute atomic E-state index is 0.211. The second kappa shape index (κ2) is 12.1. The summed E-state index contributed by atoms with van der Waals surface area (Å²) in [6.45, 7) is 13.5. The molecule has 2 heterocycles. The zero-order valence-corrected chi connectivity index (χ0v) is 23.1. The molecule has 0 atom stereocenters. The number of nitrogens with two attached hydrogens (primary N) is 1. The first-order chi connectivity index (χ1) is 16.7. The predicted molar refractivity (Wildman–Crippen MR) is 148 cm³/mol. The molecule has 3 rings (SSSR count). The smallest absolute Gasteiger partial charge is 0.179 e. The fraction of sp³-hybridized carbons (Fsp3) is 0.607. The molecular weight excluding hydrogens is 454 g/mol. The molecule has 0 amide bonds. The summed E-state index contributed by atoms with van der Waals surface area (Å²) in [6.07, 6.45) is 8.87. The van der Waals surface area contributed by atoms with Crippen molar-refractivity contribution >= 4 is 27.1 Å². The molecule has 6 nitrogen and oxygen atoms in total. The monoisotopic (exact) mass is 497 g/mol. The Labute approximate surface area is 214 Å². The number of aromatic nitrogens is 1. The summed E-state index contributed by atoms with van der Waals surface area (Å²) >= 11 is 1.93. The van der Waals surface area contributed by atoms with Crippen LogP contribution in [0.15, 0.2) is 17.3 Å². The Morgan fingerprint density at radius 2 is 2.00 bits per heavy atom. The van der Waals surface area contributed by atoms with Crippen LogP contribution in [0.5, 0.6) is 0 Å². The lowest BCUT2D eigenvalue weighted by molar-refractivity contribution is 0.273. The number of fused-ring (bicyclic) bond motifs is 1. The van der Waals surface area contributed by atoms with Gasteiger partial charge in [0.2, 0.25) is 0 Å². The third-order valence-corrected chi connectivity index (χ3v) is 8.97. The third-order valence-electron chi connectivity index (χ3n) is 7.60. The summed E-state index contributed by atoms with van der Waals surface area (Å²) in [7, 11) is 1.80. The number of allylic oxidation sites excluding steroid dienone is 2. The summed E-state index contributed by atoms with van der Waals surface area (Å²) in [6, 6.07) is 0. The highest BCUT2D eigenvalue weighted by Gasteiger charge is 2.29. The number of nitrogens with zero attached hydrogens (tertiary/aromatic N) is 2. The number of aliphatic hydroxyl groups is 1. The number of rotatable bonds is 10. The molecule has 1 saturated carbocycles. The van der Waals surface area contributed by atoms with Gasteiger partial charge in [-0.15, -0.1) is 11.3 Å². The number of hydrogen-bond acceptors (Lipinski definition) is 6. The van der Waals surface area contributed by atoms with Crippen LogP contribution in [-0.2, 0) is 0 Å². The first kappa shape index (κ1) is 27.3. The minimum atomic E-state index is 0.211. The van der Waals surface area contributed by atoms with Crippen molar-refractivity contribution in [1.29, 1.82) is 5.26 Å². The molecular formula is C28H43N5OS. The molecule has 35 heavy (non-hydrogen) atoms. The second-order valence-corrected chi connectivity index (χ2v) is 11.5. The first-order valence-electron chi connectivity index (χ1n) is 12.9.